The minimum Gasteiger partial charge on any atom is -0.313 e. The molecule has 90 valence electrons. The largest absolute Gasteiger partial charge is 0.313 e. The van der Waals surface area contributed by atoms with E-state index in [1.807, 2.05) is 0 Å². The Labute approximate surface area is 120 Å². The predicted octanol–water partition coefficient (Wildman–Crippen LogP) is 3.14. The van der Waals surface area contributed by atoms with E-state index in [2.05, 4.69) is 81.2 Å². The van der Waals surface area contributed by atoms with E-state index in [1.165, 1.54) is 13.6 Å². The molecule has 0 amide bonds. The number of halogens is 2. The van der Waals surface area contributed by atoms with Crippen molar-refractivity contribution >= 4 is 38.5 Å². The average molecular weight is 397 g/mol. The van der Waals surface area contributed by atoms with Crippen molar-refractivity contribution in [3.63, 3.8) is 0 Å². The van der Waals surface area contributed by atoms with Crippen molar-refractivity contribution in [2.24, 2.45) is 0 Å². The van der Waals surface area contributed by atoms with Crippen molar-refractivity contribution < 1.29 is 0 Å². The molecule has 1 aromatic rings. The monoisotopic (exact) mass is 396 g/mol. The summed E-state index contributed by atoms with van der Waals surface area (Å²) in [5, 5.41) is 6.81. The van der Waals surface area contributed by atoms with Crippen LogP contribution in [0.15, 0.2) is 22.7 Å². The molecule has 1 rings (SSSR count). The lowest BCUT2D eigenvalue weighted by Gasteiger charge is -2.10. The number of hydrogen-bond donors (Lipinski definition) is 2. The van der Waals surface area contributed by atoms with Crippen molar-refractivity contribution in [2.75, 3.05) is 13.1 Å². The SMILES string of the molecule is CC(C)NCCNCc1cc(I)ccc1Br. The van der Waals surface area contributed by atoms with Crippen LogP contribution < -0.4 is 10.6 Å². The van der Waals surface area contributed by atoms with Crippen LogP contribution in [0.2, 0.25) is 0 Å². The highest BCUT2D eigenvalue weighted by molar-refractivity contribution is 14.1. The average Bonchev–Trinajstić information content (AvgIpc) is 2.22. The minimum absolute atomic E-state index is 0.561. The highest BCUT2D eigenvalue weighted by Gasteiger charge is 2.00. The Hall–Kier alpha value is 0.350. The van der Waals surface area contributed by atoms with Crippen LogP contribution in [0.4, 0.5) is 0 Å². The van der Waals surface area contributed by atoms with Crippen LogP contribution in [0.1, 0.15) is 19.4 Å². The van der Waals surface area contributed by atoms with E-state index in [9.17, 15) is 0 Å². The van der Waals surface area contributed by atoms with Gasteiger partial charge in [-0.1, -0.05) is 29.8 Å². The summed E-state index contributed by atoms with van der Waals surface area (Å²) >= 11 is 5.90. The second kappa shape index (κ2) is 7.63. The van der Waals surface area contributed by atoms with Crippen molar-refractivity contribution in [2.45, 2.75) is 26.4 Å². The summed E-state index contributed by atoms with van der Waals surface area (Å²) in [6.45, 7) is 7.25. The second-order valence-corrected chi connectivity index (χ2v) is 6.12. The Kier molecular flexibility index (Phi) is 6.87. The summed E-state index contributed by atoms with van der Waals surface area (Å²) < 4.78 is 2.45. The molecule has 0 saturated heterocycles. The molecule has 0 aliphatic carbocycles. The molecule has 16 heavy (non-hydrogen) atoms. The third-order valence-electron chi connectivity index (χ3n) is 2.18. The van der Waals surface area contributed by atoms with Gasteiger partial charge in [-0.2, -0.15) is 0 Å². The Morgan fingerprint density at radius 2 is 2.06 bits per heavy atom. The first-order valence-corrected chi connectivity index (χ1v) is 7.35. The van der Waals surface area contributed by atoms with Gasteiger partial charge in [-0.05, 0) is 46.4 Å². The maximum Gasteiger partial charge on any atom is 0.0220 e. The van der Waals surface area contributed by atoms with Gasteiger partial charge in [0.25, 0.3) is 0 Å². The van der Waals surface area contributed by atoms with Crippen LogP contribution in [0, 0.1) is 3.57 Å². The highest BCUT2D eigenvalue weighted by Crippen LogP contribution is 2.19. The Bertz CT molecular complexity index is 329. The van der Waals surface area contributed by atoms with Gasteiger partial charge in [0.05, 0.1) is 0 Å². The Morgan fingerprint density at radius 1 is 1.31 bits per heavy atom. The number of benzene rings is 1. The van der Waals surface area contributed by atoms with E-state index in [1.54, 1.807) is 0 Å². The zero-order valence-corrected chi connectivity index (χ0v) is 13.4. The lowest BCUT2D eigenvalue weighted by Crippen LogP contribution is -2.31. The van der Waals surface area contributed by atoms with Crippen molar-refractivity contribution in [1.82, 2.24) is 10.6 Å². The molecule has 0 aliphatic rings. The third-order valence-corrected chi connectivity index (χ3v) is 3.62. The number of rotatable bonds is 6. The predicted molar refractivity (Wildman–Crippen MR) is 81.7 cm³/mol. The van der Waals surface area contributed by atoms with Crippen LogP contribution in [0.3, 0.4) is 0 Å². The molecule has 0 heterocycles. The highest BCUT2D eigenvalue weighted by atomic mass is 127. The standard InChI is InChI=1S/C12H18BrIN2/c1-9(2)16-6-5-15-8-10-7-11(14)3-4-12(10)13/h3-4,7,9,15-16H,5-6,8H2,1-2H3. The number of hydrogen-bond acceptors (Lipinski definition) is 2. The van der Waals surface area contributed by atoms with Gasteiger partial charge in [0, 0.05) is 33.7 Å². The smallest absolute Gasteiger partial charge is 0.0220 e. The van der Waals surface area contributed by atoms with Crippen LogP contribution >= 0.6 is 38.5 Å². The normalized spacial score (nSPS) is 11.1. The maximum absolute atomic E-state index is 3.56. The van der Waals surface area contributed by atoms with Crippen molar-refractivity contribution in [1.29, 1.82) is 0 Å². The quantitative estimate of drug-likeness (QED) is 0.570. The minimum atomic E-state index is 0.561. The summed E-state index contributed by atoms with van der Waals surface area (Å²) in [6, 6.07) is 6.97. The van der Waals surface area contributed by atoms with Crippen molar-refractivity contribution in [3.05, 3.63) is 31.8 Å². The molecule has 0 aliphatic heterocycles. The fraction of sp³-hybridized carbons (Fsp3) is 0.500. The van der Waals surface area contributed by atoms with Gasteiger partial charge in [0.15, 0.2) is 0 Å². The summed E-state index contributed by atoms with van der Waals surface area (Å²) in [5.41, 5.74) is 1.32. The van der Waals surface area contributed by atoms with E-state index in [-0.39, 0.29) is 0 Å². The molecule has 0 saturated carbocycles. The molecule has 4 heteroatoms. The van der Waals surface area contributed by atoms with Gasteiger partial charge in [0.2, 0.25) is 0 Å². The molecule has 0 fully saturated rings. The molecule has 0 unspecified atom stereocenters. The van der Waals surface area contributed by atoms with Crippen LogP contribution in [-0.2, 0) is 6.54 Å². The molecule has 0 aromatic heterocycles. The second-order valence-electron chi connectivity index (χ2n) is 4.02. The van der Waals surface area contributed by atoms with Crippen LogP contribution in [-0.4, -0.2) is 19.1 Å². The Balaban J connectivity index is 2.29. The summed E-state index contributed by atoms with van der Waals surface area (Å²) in [4.78, 5) is 0. The number of nitrogens with one attached hydrogen (secondary N) is 2. The molecule has 2 N–H and O–H groups in total. The molecular weight excluding hydrogens is 379 g/mol. The van der Waals surface area contributed by atoms with E-state index in [4.69, 9.17) is 0 Å². The fourth-order valence-corrected chi connectivity index (χ4v) is 2.29. The molecule has 2 nitrogen and oxygen atoms in total. The molecule has 1 aromatic carbocycles. The molecular formula is C12H18BrIN2. The van der Waals surface area contributed by atoms with Crippen LogP contribution in [0.5, 0.6) is 0 Å². The van der Waals surface area contributed by atoms with Crippen LogP contribution in [0.25, 0.3) is 0 Å². The topological polar surface area (TPSA) is 24.1 Å². The lowest BCUT2D eigenvalue weighted by molar-refractivity contribution is 0.555. The van der Waals surface area contributed by atoms with Gasteiger partial charge >= 0.3 is 0 Å². The molecule has 0 radical (unpaired) electrons. The molecule has 0 atom stereocenters. The van der Waals surface area contributed by atoms with E-state index >= 15 is 0 Å². The fourth-order valence-electron chi connectivity index (χ4n) is 1.35. The Morgan fingerprint density at radius 3 is 2.75 bits per heavy atom. The molecule has 0 bridgehead atoms. The van der Waals surface area contributed by atoms with E-state index in [0.717, 1.165) is 19.6 Å². The molecule has 0 spiro atoms. The lowest BCUT2D eigenvalue weighted by atomic mass is 10.2. The van der Waals surface area contributed by atoms with Gasteiger partial charge in [0.1, 0.15) is 0 Å². The first-order chi connectivity index (χ1) is 7.59. The van der Waals surface area contributed by atoms with Gasteiger partial charge in [-0.3, -0.25) is 0 Å². The first kappa shape index (κ1) is 14.4. The van der Waals surface area contributed by atoms with Gasteiger partial charge in [-0.15, -0.1) is 0 Å². The van der Waals surface area contributed by atoms with Gasteiger partial charge in [-0.25, -0.2) is 0 Å². The summed E-state index contributed by atoms with van der Waals surface area (Å²) in [6.07, 6.45) is 0. The summed E-state index contributed by atoms with van der Waals surface area (Å²) in [5.74, 6) is 0. The third kappa shape index (κ3) is 5.61. The zero-order chi connectivity index (χ0) is 12.0. The first-order valence-electron chi connectivity index (χ1n) is 5.47. The van der Waals surface area contributed by atoms with Crippen molar-refractivity contribution in [3.8, 4) is 0 Å². The zero-order valence-electron chi connectivity index (χ0n) is 9.69. The van der Waals surface area contributed by atoms with E-state index < -0.39 is 0 Å². The summed E-state index contributed by atoms with van der Waals surface area (Å²) in [7, 11) is 0. The van der Waals surface area contributed by atoms with E-state index in [0.29, 0.717) is 6.04 Å². The maximum atomic E-state index is 3.56. The van der Waals surface area contributed by atoms with Gasteiger partial charge < -0.3 is 10.6 Å².